The van der Waals surface area contributed by atoms with Gasteiger partial charge >= 0.3 is 5.97 Å². The Bertz CT molecular complexity index is 1080. The molecule has 0 aliphatic carbocycles. The average molecular weight is 416 g/mol. The lowest BCUT2D eigenvalue weighted by Gasteiger charge is -2.31. The van der Waals surface area contributed by atoms with E-state index in [4.69, 9.17) is 14.7 Å². The number of amides is 1. The highest BCUT2D eigenvalue weighted by molar-refractivity contribution is 5.93. The van der Waals surface area contributed by atoms with Gasteiger partial charge < -0.3 is 14.4 Å². The van der Waals surface area contributed by atoms with Crippen molar-refractivity contribution in [1.82, 2.24) is 4.90 Å². The van der Waals surface area contributed by atoms with Crippen LogP contribution in [0, 0.1) is 17.2 Å². The molecule has 2 heterocycles. The number of carbonyl (C=O) groups is 2. The van der Waals surface area contributed by atoms with Gasteiger partial charge in [-0.2, -0.15) is 5.26 Å². The maximum atomic E-state index is 12.7. The molecular formula is C25H24N2O4. The molecule has 0 bridgehead atoms. The van der Waals surface area contributed by atoms with E-state index >= 15 is 0 Å². The Labute approximate surface area is 181 Å². The van der Waals surface area contributed by atoms with Crippen LogP contribution in [0.5, 0.6) is 5.75 Å². The van der Waals surface area contributed by atoms with Gasteiger partial charge in [-0.3, -0.25) is 4.79 Å². The van der Waals surface area contributed by atoms with Gasteiger partial charge in [-0.15, -0.1) is 0 Å². The smallest absolute Gasteiger partial charge is 0.338 e. The normalized spacial score (nSPS) is 16.1. The summed E-state index contributed by atoms with van der Waals surface area (Å²) in [5.74, 6) is 0.767. The van der Waals surface area contributed by atoms with Crippen LogP contribution < -0.4 is 4.74 Å². The van der Waals surface area contributed by atoms with Gasteiger partial charge in [0.15, 0.2) is 0 Å². The first kappa shape index (κ1) is 20.7. The highest BCUT2D eigenvalue weighted by Gasteiger charge is 2.23. The molecule has 2 aliphatic heterocycles. The number of allylic oxidation sites excluding steroid dienone is 1. The number of likely N-dealkylation sites (tertiary alicyclic amines) is 1. The Morgan fingerprint density at radius 2 is 2.06 bits per heavy atom. The summed E-state index contributed by atoms with van der Waals surface area (Å²) in [7, 11) is 1.52. The second-order valence-corrected chi connectivity index (χ2v) is 7.89. The number of benzene rings is 2. The zero-order valence-corrected chi connectivity index (χ0v) is 17.5. The number of nitrogens with zero attached hydrogens (tertiary/aromatic N) is 2. The van der Waals surface area contributed by atoms with Crippen LogP contribution in [-0.2, 0) is 22.6 Å². The molecule has 31 heavy (non-hydrogen) atoms. The molecule has 2 aliphatic rings. The van der Waals surface area contributed by atoms with E-state index in [-0.39, 0.29) is 11.9 Å². The molecule has 1 saturated heterocycles. The lowest BCUT2D eigenvalue weighted by Crippen LogP contribution is -2.39. The van der Waals surface area contributed by atoms with Gasteiger partial charge in [0.1, 0.15) is 18.4 Å². The van der Waals surface area contributed by atoms with Crippen LogP contribution in [0.4, 0.5) is 0 Å². The summed E-state index contributed by atoms with van der Waals surface area (Å²) in [6.07, 6.45) is 6.44. The predicted octanol–water partition coefficient (Wildman–Crippen LogP) is 3.73. The van der Waals surface area contributed by atoms with Crippen molar-refractivity contribution in [1.29, 1.82) is 5.26 Å². The molecule has 1 amide bonds. The fourth-order valence-corrected chi connectivity index (χ4v) is 4.07. The molecule has 0 aromatic heterocycles. The van der Waals surface area contributed by atoms with Crippen LogP contribution in [0.1, 0.15) is 45.5 Å². The summed E-state index contributed by atoms with van der Waals surface area (Å²) in [5, 5.41) is 9.09. The summed E-state index contributed by atoms with van der Waals surface area (Å²) >= 11 is 0. The molecular weight excluding hydrogens is 392 g/mol. The van der Waals surface area contributed by atoms with Gasteiger partial charge in [0.2, 0.25) is 5.91 Å². The van der Waals surface area contributed by atoms with E-state index in [1.165, 1.54) is 7.11 Å². The Morgan fingerprint density at radius 3 is 2.81 bits per heavy atom. The van der Waals surface area contributed by atoms with E-state index in [1.54, 1.807) is 12.1 Å². The van der Waals surface area contributed by atoms with E-state index in [2.05, 4.69) is 18.2 Å². The SMILES string of the molecule is COc1cc(CC(=O)N2CCC(/C=C/c3ccc4c(c3)COC4=O)CC2)ccc1C#N. The summed E-state index contributed by atoms with van der Waals surface area (Å²) in [5.41, 5.74) is 3.97. The molecule has 6 nitrogen and oxygen atoms in total. The third kappa shape index (κ3) is 4.61. The molecule has 0 spiro atoms. The summed E-state index contributed by atoms with van der Waals surface area (Å²) in [4.78, 5) is 26.2. The first-order chi connectivity index (χ1) is 15.1. The molecule has 0 N–H and O–H groups in total. The third-order valence-corrected chi connectivity index (χ3v) is 5.90. The highest BCUT2D eigenvalue weighted by atomic mass is 16.5. The molecule has 4 rings (SSSR count). The monoisotopic (exact) mass is 416 g/mol. The van der Waals surface area contributed by atoms with Crippen LogP contribution >= 0.6 is 0 Å². The number of ether oxygens (including phenoxy) is 2. The first-order valence-electron chi connectivity index (χ1n) is 10.4. The van der Waals surface area contributed by atoms with Crippen molar-refractivity contribution in [3.8, 4) is 11.8 Å². The largest absolute Gasteiger partial charge is 0.495 e. The van der Waals surface area contributed by atoms with Crippen molar-refractivity contribution in [2.24, 2.45) is 5.92 Å². The minimum atomic E-state index is -0.248. The topological polar surface area (TPSA) is 79.6 Å². The highest BCUT2D eigenvalue weighted by Crippen LogP contribution is 2.25. The summed E-state index contributed by atoms with van der Waals surface area (Å²) < 4.78 is 10.3. The van der Waals surface area contributed by atoms with Gasteiger partial charge in [0, 0.05) is 18.7 Å². The first-order valence-corrected chi connectivity index (χ1v) is 10.4. The zero-order chi connectivity index (χ0) is 21.8. The van der Waals surface area contributed by atoms with Crippen molar-refractivity contribution in [2.45, 2.75) is 25.9 Å². The van der Waals surface area contributed by atoms with Crippen LogP contribution in [-0.4, -0.2) is 37.0 Å². The molecule has 6 heteroatoms. The second kappa shape index (κ2) is 9.05. The van der Waals surface area contributed by atoms with Crippen molar-refractivity contribution in [3.63, 3.8) is 0 Å². The van der Waals surface area contributed by atoms with E-state index < -0.39 is 0 Å². The average Bonchev–Trinajstić information content (AvgIpc) is 3.18. The Kier molecular flexibility index (Phi) is 6.03. The number of hydrogen-bond acceptors (Lipinski definition) is 5. The number of nitriles is 1. The second-order valence-electron chi connectivity index (χ2n) is 7.89. The molecule has 2 aromatic carbocycles. The van der Waals surface area contributed by atoms with Crippen molar-refractivity contribution >= 4 is 18.0 Å². The quantitative estimate of drug-likeness (QED) is 0.694. The van der Waals surface area contributed by atoms with Gasteiger partial charge in [-0.05, 0) is 54.2 Å². The molecule has 0 radical (unpaired) electrons. The van der Waals surface area contributed by atoms with E-state index in [0.29, 0.717) is 35.8 Å². The maximum Gasteiger partial charge on any atom is 0.338 e. The molecule has 158 valence electrons. The zero-order valence-electron chi connectivity index (χ0n) is 17.5. The van der Waals surface area contributed by atoms with Crippen LogP contribution in [0.15, 0.2) is 42.5 Å². The van der Waals surface area contributed by atoms with Crippen molar-refractivity contribution in [2.75, 3.05) is 20.2 Å². The third-order valence-electron chi connectivity index (χ3n) is 5.90. The lowest BCUT2D eigenvalue weighted by molar-refractivity contribution is -0.131. The van der Waals surface area contributed by atoms with E-state index in [9.17, 15) is 9.59 Å². The van der Waals surface area contributed by atoms with Crippen LogP contribution in [0.3, 0.4) is 0 Å². The number of fused-ring (bicyclic) bond motifs is 1. The number of piperidine rings is 1. The Morgan fingerprint density at radius 1 is 1.26 bits per heavy atom. The van der Waals surface area contributed by atoms with Crippen molar-refractivity contribution in [3.05, 3.63) is 70.3 Å². The number of esters is 1. The standard InChI is InChI=1S/C25H24N2O4/c1-30-23-13-19(4-6-20(23)15-26)14-24(28)27-10-8-17(9-11-27)2-3-18-5-7-22-21(12-18)16-31-25(22)29/h2-7,12-13,17H,8-11,14,16H2,1H3/b3-2+. The van der Waals surface area contributed by atoms with Gasteiger partial charge in [0.05, 0.1) is 24.7 Å². The number of rotatable bonds is 5. The minimum absolute atomic E-state index is 0.0949. The molecule has 1 fully saturated rings. The predicted molar refractivity (Wildman–Crippen MR) is 115 cm³/mol. The van der Waals surface area contributed by atoms with Crippen LogP contribution in [0.2, 0.25) is 0 Å². The van der Waals surface area contributed by atoms with E-state index in [1.807, 2.05) is 29.2 Å². The molecule has 0 atom stereocenters. The van der Waals surface area contributed by atoms with Gasteiger partial charge in [0.25, 0.3) is 0 Å². The molecule has 0 unspecified atom stereocenters. The lowest BCUT2D eigenvalue weighted by atomic mass is 9.94. The Balaban J connectivity index is 1.30. The number of hydrogen-bond donors (Lipinski definition) is 0. The van der Waals surface area contributed by atoms with Crippen LogP contribution in [0.25, 0.3) is 6.08 Å². The Hall–Kier alpha value is -3.59. The minimum Gasteiger partial charge on any atom is -0.495 e. The van der Waals surface area contributed by atoms with E-state index in [0.717, 1.165) is 42.6 Å². The van der Waals surface area contributed by atoms with Gasteiger partial charge in [-0.25, -0.2) is 4.79 Å². The molecule has 2 aromatic rings. The fraction of sp³-hybridized carbons (Fsp3) is 0.320. The number of methoxy groups -OCH3 is 1. The summed E-state index contributed by atoms with van der Waals surface area (Å²) in [6, 6.07) is 13.1. The molecule has 0 saturated carbocycles. The number of carbonyl (C=O) groups excluding carboxylic acids is 2. The maximum absolute atomic E-state index is 12.7. The number of cyclic esters (lactones) is 1. The fourth-order valence-electron chi connectivity index (χ4n) is 4.07. The van der Waals surface area contributed by atoms with Crippen molar-refractivity contribution < 1.29 is 19.1 Å². The van der Waals surface area contributed by atoms with Gasteiger partial charge in [-0.1, -0.05) is 24.3 Å². The summed E-state index contributed by atoms with van der Waals surface area (Å²) in [6.45, 7) is 1.81.